The average Bonchev–Trinajstić information content (AvgIpc) is 2.93. The van der Waals surface area contributed by atoms with E-state index in [-0.39, 0.29) is 6.10 Å². The van der Waals surface area contributed by atoms with Gasteiger partial charge in [-0.2, -0.15) is 0 Å². The normalized spacial score (nSPS) is 18.8. The Morgan fingerprint density at radius 3 is 2.71 bits per heavy atom. The molecule has 1 aromatic heterocycles. The average molecular weight is 289 g/mol. The van der Waals surface area contributed by atoms with Crippen molar-refractivity contribution in [2.75, 3.05) is 24.6 Å². The summed E-state index contributed by atoms with van der Waals surface area (Å²) >= 11 is 0. The Kier molecular flexibility index (Phi) is 5.34. The highest BCUT2D eigenvalue weighted by Gasteiger charge is 2.25. The molecule has 4 nitrogen and oxygen atoms in total. The lowest BCUT2D eigenvalue weighted by molar-refractivity contribution is 0.0909. The molecule has 1 aliphatic heterocycles. The van der Waals surface area contributed by atoms with Crippen LogP contribution in [-0.4, -0.2) is 35.8 Å². The van der Waals surface area contributed by atoms with E-state index >= 15 is 0 Å². The van der Waals surface area contributed by atoms with Crippen molar-refractivity contribution in [2.24, 2.45) is 0 Å². The van der Waals surface area contributed by atoms with Crippen LogP contribution in [0.25, 0.3) is 0 Å². The van der Waals surface area contributed by atoms with E-state index in [1.807, 2.05) is 0 Å². The van der Waals surface area contributed by atoms with Crippen molar-refractivity contribution in [3.8, 4) is 0 Å². The van der Waals surface area contributed by atoms with Gasteiger partial charge in [-0.3, -0.25) is 0 Å². The molecule has 1 aromatic rings. The van der Waals surface area contributed by atoms with Gasteiger partial charge >= 0.3 is 0 Å². The van der Waals surface area contributed by atoms with Gasteiger partial charge in [-0.15, -0.1) is 6.58 Å². The summed E-state index contributed by atoms with van der Waals surface area (Å²) in [6.45, 7) is 14.9. The summed E-state index contributed by atoms with van der Waals surface area (Å²) in [6, 6.07) is 2.13. The summed E-state index contributed by atoms with van der Waals surface area (Å²) in [5.41, 5.74) is 1.12. The van der Waals surface area contributed by atoms with Gasteiger partial charge in [-0.1, -0.05) is 33.8 Å². The SMILES string of the molecule is C=CCOC1CCN(c2cc(C(C)C)nc(C(C)C)n2)C1. The van der Waals surface area contributed by atoms with Crippen LogP contribution >= 0.6 is 0 Å². The van der Waals surface area contributed by atoms with Gasteiger partial charge in [0.2, 0.25) is 0 Å². The Bertz CT molecular complexity index is 459. The van der Waals surface area contributed by atoms with Crippen LogP contribution < -0.4 is 4.90 Å². The Labute approximate surface area is 128 Å². The fourth-order valence-electron chi connectivity index (χ4n) is 2.46. The first-order chi connectivity index (χ1) is 10.0. The Morgan fingerprint density at radius 1 is 1.33 bits per heavy atom. The van der Waals surface area contributed by atoms with E-state index < -0.39 is 0 Å². The van der Waals surface area contributed by atoms with Gasteiger partial charge in [-0.25, -0.2) is 9.97 Å². The van der Waals surface area contributed by atoms with Crippen LogP contribution in [0.3, 0.4) is 0 Å². The number of ether oxygens (including phenoxy) is 1. The number of hydrogen-bond donors (Lipinski definition) is 0. The lowest BCUT2D eigenvalue weighted by Gasteiger charge is -2.20. The third kappa shape index (κ3) is 4.03. The van der Waals surface area contributed by atoms with Crippen LogP contribution in [0.2, 0.25) is 0 Å². The predicted molar refractivity (Wildman–Crippen MR) is 87.0 cm³/mol. The van der Waals surface area contributed by atoms with Crippen molar-refractivity contribution in [3.05, 3.63) is 30.2 Å². The quantitative estimate of drug-likeness (QED) is 0.751. The molecule has 1 unspecified atom stereocenters. The summed E-state index contributed by atoms with van der Waals surface area (Å²) in [5, 5.41) is 0. The van der Waals surface area contributed by atoms with Crippen molar-refractivity contribution < 1.29 is 4.74 Å². The second kappa shape index (κ2) is 7.03. The molecule has 0 radical (unpaired) electrons. The fraction of sp³-hybridized carbons (Fsp3) is 0.647. The maximum absolute atomic E-state index is 5.76. The minimum Gasteiger partial charge on any atom is -0.372 e. The zero-order valence-electron chi connectivity index (χ0n) is 13.7. The molecule has 0 spiro atoms. The van der Waals surface area contributed by atoms with E-state index in [9.17, 15) is 0 Å². The van der Waals surface area contributed by atoms with Crippen LogP contribution in [0.4, 0.5) is 5.82 Å². The minimum absolute atomic E-state index is 0.281. The zero-order valence-corrected chi connectivity index (χ0v) is 13.7. The van der Waals surface area contributed by atoms with Crippen molar-refractivity contribution in [1.29, 1.82) is 0 Å². The monoisotopic (exact) mass is 289 g/mol. The molecule has 21 heavy (non-hydrogen) atoms. The lowest BCUT2D eigenvalue weighted by atomic mass is 10.1. The Balaban J connectivity index is 2.17. The predicted octanol–water partition coefficient (Wildman–Crippen LogP) is 3.50. The molecule has 0 aromatic carbocycles. The topological polar surface area (TPSA) is 38.2 Å². The number of anilines is 1. The number of aromatic nitrogens is 2. The first kappa shape index (κ1) is 16.0. The maximum atomic E-state index is 5.76. The number of hydrogen-bond acceptors (Lipinski definition) is 4. The van der Waals surface area contributed by atoms with E-state index in [2.05, 4.69) is 45.2 Å². The van der Waals surface area contributed by atoms with Gasteiger partial charge in [0.05, 0.1) is 12.7 Å². The van der Waals surface area contributed by atoms with Gasteiger partial charge in [0, 0.05) is 30.8 Å². The zero-order chi connectivity index (χ0) is 15.4. The molecule has 116 valence electrons. The standard InChI is InChI=1S/C17H27N3O/c1-6-9-21-14-7-8-20(11-14)16-10-15(12(2)3)18-17(19-16)13(4)5/h6,10,12-14H,1,7-9,11H2,2-5H3. The molecule has 1 atom stereocenters. The van der Waals surface area contributed by atoms with Gasteiger partial charge < -0.3 is 9.64 Å². The largest absolute Gasteiger partial charge is 0.372 e. The summed E-state index contributed by atoms with van der Waals surface area (Å²) in [5.74, 6) is 2.74. The Morgan fingerprint density at radius 2 is 2.10 bits per heavy atom. The van der Waals surface area contributed by atoms with E-state index in [0.717, 1.165) is 36.8 Å². The molecule has 0 saturated carbocycles. The molecule has 0 amide bonds. The van der Waals surface area contributed by atoms with Crippen molar-refractivity contribution in [3.63, 3.8) is 0 Å². The third-order valence-electron chi connectivity index (χ3n) is 3.78. The van der Waals surface area contributed by atoms with E-state index in [1.165, 1.54) is 0 Å². The number of rotatable bonds is 6. The van der Waals surface area contributed by atoms with Gasteiger partial charge in [0.1, 0.15) is 11.6 Å². The van der Waals surface area contributed by atoms with Crippen LogP contribution in [0.15, 0.2) is 18.7 Å². The highest BCUT2D eigenvalue weighted by atomic mass is 16.5. The van der Waals surface area contributed by atoms with E-state index in [1.54, 1.807) is 6.08 Å². The van der Waals surface area contributed by atoms with Crippen molar-refractivity contribution in [1.82, 2.24) is 9.97 Å². The summed E-state index contributed by atoms with van der Waals surface area (Å²) in [7, 11) is 0. The van der Waals surface area contributed by atoms with E-state index in [0.29, 0.717) is 18.4 Å². The van der Waals surface area contributed by atoms with Crippen molar-refractivity contribution >= 4 is 5.82 Å². The smallest absolute Gasteiger partial charge is 0.133 e. The van der Waals surface area contributed by atoms with Gasteiger partial charge in [-0.05, 0) is 12.3 Å². The highest BCUT2D eigenvalue weighted by Crippen LogP contribution is 2.25. The summed E-state index contributed by atoms with van der Waals surface area (Å²) < 4.78 is 5.76. The molecule has 4 heteroatoms. The second-order valence-electron chi connectivity index (χ2n) is 6.30. The molecule has 1 fully saturated rings. The molecule has 0 N–H and O–H groups in total. The van der Waals surface area contributed by atoms with Crippen LogP contribution in [0, 0.1) is 0 Å². The molecule has 0 aliphatic carbocycles. The molecule has 0 bridgehead atoms. The van der Waals surface area contributed by atoms with Crippen LogP contribution in [-0.2, 0) is 4.74 Å². The summed E-state index contributed by atoms with van der Waals surface area (Å²) in [6.07, 6.45) is 3.13. The van der Waals surface area contributed by atoms with Gasteiger partial charge in [0.25, 0.3) is 0 Å². The first-order valence-electron chi connectivity index (χ1n) is 7.87. The van der Waals surface area contributed by atoms with Crippen molar-refractivity contribution in [2.45, 2.75) is 52.1 Å². The summed E-state index contributed by atoms with van der Waals surface area (Å²) in [4.78, 5) is 11.8. The number of nitrogens with zero attached hydrogens (tertiary/aromatic N) is 3. The fourth-order valence-corrected chi connectivity index (χ4v) is 2.46. The molecular formula is C17H27N3O. The Hall–Kier alpha value is -1.42. The van der Waals surface area contributed by atoms with E-state index in [4.69, 9.17) is 14.7 Å². The van der Waals surface area contributed by atoms with Crippen LogP contribution in [0.1, 0.15) is 57.5 Å². The molecule has 2 heterocycles. The first-order valence-corrected chi connectivity index (χ1v) is 7.87. The molecule has 2 rings (SSSR count). The molecule has 1 aliphatic rings. The molecule has 1 saturated heterocycles. The molecular weight excluding hydrogens is 262 g/mol. The third-order valence-corrected chi connectivity index (χ3v) is 3.78. The highest BCUT2D eigenvalue weighted by molar-refractivity contribution is 5.42. The van der Waals surface area contributed by atoms with Crippen LogP contribution in [0.5, 0.6) is 0 Å². The minimum atomic E-state index is 0.281. The second-order valence-corrected chi connectivity index (χ2v) is 6.30. The lowest BCUT2D eigenvalue weighted by Crippen LogP contribution is -2.24. The maximum Gasteiger partial charge on any atom is 0.133 e. The van der Waals surface area contributed by atoms with Gasteiger partial charge in [0.15, 0.2) is 0 Å².